The zero-order valence-electron chi connectivity index (χ0n) is 11.2. The Balaban J connectivity index is 2.16. The third-order valence-corrected chi connectivity index (χ3v) is 2.62. The van der Waals surface area contributed by atoms with Gasteiger partial charge in [0.25, 0.3) is 5.91 Å². The molecule has 0 radical (unpaired) electrons. The van der Waals surface area contributed by atoms with Crippen molar-refractivity contribution in [3.8, 4) is 5.88 Å². The number of benzene rings is 1. The lowest BCUT2D eigenvalue weighted by Gasteiger charge is -2.08. The van der Waals surface area contributed by atoms with Crippen molar-refractivity contribution in [1.82, 2.24) is 4.98 Å². The maximum Gasteiger partial charge on any atom is 0.257 e. The van der Waals surface area contributed by atoms with Crippen molar-refractivity contribution in [2.24, 2.45) is 0 Å². The Morgan fingerprint density at radius 3 is 2.67 bits per heavy atom. The van der Waals surface area contributed by atoms with Crippen LogP contribution in [0.25, 0.3) is 0 Å². The maximum atomic E-state index is 13.2. The van der Waals surface area contributed by atoms with Crippen LogP contribution in [0.4, 0.5) is 20.2 Å². The zero-order chi connectivity index (χ0) is 15.4. The molecule has 21 heavy (non-hydrogen) atoms. The van der Waals surface area contributed by atoms with E-state index in [9.17, 15) is 13.6 Å². The molecule has 1 aromatic carbocycles. The highest BCUT2D eigenvalue weighted by molar-refractivity contribution is 6.07. The van der Waals surface area contributed by atoms with Crippen LogP contribution in [0.3, 0.4) is 0 Å². The monoisotopic (exact) mass is 293 g/mol. The summed E-state index contributed by atoms with van der Waals surface area (Å²) in [6.45, 7) is 2.30. The van der Waals surface area contributed by atoms with Crippen LogP contribution in [0.5, 0.6) is 5.88 Å². The molecule has 1 heterocycles. The van der Waals surface area contributed by atoms with Crippen LogP contribution >= 0.6 is 0 Å². The number of nitrogens with two attached hydrogens (primary N) is 1. The van der Waals surface area contributed by atoms with Crippen LogP contribution in [0.15, 0.2) is 30.5 Å². The highest BCUT2D eigenvalue weighted by atomic mass is 19.2. The van der Waals surface area contributed by atoms with E-state index in [0.29, 0.717) is 18.2 Å². The van der Waals surface area contributed by atoms with Gasteiger partial charge in [0.1, 0.15) is 0 Å². The maximum absolute atomic E-state index is 13.2. The van der Waals surface area contributed by atoms with Crippen LogP contribution in [-0.4, -0.2) is 17.5 Å². The lowest BCUT2D eigenvalue weighted by molar-refractivity contribution is 0.102. The Labute approximate surface area is 119 Å². The van der Waals surface area contributed by atoms with Crippen LogP contribution in [0.2, 0.25) is 0 Å². The Bertz CT molecular complexity index is 660. The summed E-state index contributed by atoms with van der Waals surface area (Å²) in [5.41, 5.74) is 5.59. The summed E-state index contributed by atoms with van der Waals surface area (Å²) in [5, 5.41) is 2.49. The zero-order valence-corrected chi connectivity index (χ0v) is 11.2. The van der Waals surface area contributed by atoms with Gasteiger partial charge in [-0.1, -0.05) is 0 Å². The van der Waals surface area contributed by atoms with Gasteiger partial charge in [-0.2, -0.15) is 0 Å². The largest absolute Gasteiger partial charge is 0.478 e. The SMILES string of the molecule is CCOc1ccc(NC(=O)c2cc(F)c(F)cc2N)cn1. The summed E-state index contributed by atoms with van der Waals surface area (Å²) in [5.74, 6) is -2.48. The van der Waals surface area contributed by atoms with E-state index in [2.05, 4.69) is 10.3 Å². The molecule has 0 atom stereocenters. The van der Waals surface area contributed by atoms with E-state index in [1.807, 2.05) is 6.92 Å². The molecule has 0 aliphatic carbocycles. The van der Waals surface area contributed by atoms with E-state index < -0.39 is 17.5 Å². The van der Waals surface area contributed by atoms with Crippen molar-refractivity contribution in [2.45, 2.75) is 6.92 Å². The predicted octanol–water partition coefficient (Wildman–Crippen LogP) is 2.59. The molecule has 0 saturated heterocycles. The van der Waals surface area contributed by atoms with Gasteiger partial charge in [0.15, 0.2) is 11.6 Å². The number of nitrogen functional groups attached to an aromatic ring is 1. The quantitative estimate of drug-likeness (QED) is 0.849. The number of ether oxygens (including phenoxy) is 1. The third-order valence-electron chi connectivity index (χ3n) is 2.62. The number of amides is 1. The van der Waals surface area contributed by atoms with Crippen LogP contribution in [0.1, 0.15) is 17.3 Å². The van der Waals surface area contributed by atoms with E-state index in [4.69, 9.17) is 10.5 Å². The average Bonchev–Trinajstić information content (AvgIpc) is 2.45. The molecule has 0 saturated carbocycles. The molecule has 0 aliphatic heterocycles. The Morgan fingerprint density at radius 1 is 1.33 bits per heavy atom. The Morgan fingerprint density at radius 2 is 2.05 bits per heavy atom. The van der Waals surface area contributed by atoms with Gasteiger partial charge in [0.05, 0.1) is 24.1 Å². The second kappa shape index (κ2) is 6.17. The summed E-state index contributed by atoms with van der Waals surface area (Å²) in [6.07, 6.45) is 1.39. The average molecular weight is 293 g/mol. The van der Waals surface area contributed by atoms with E-state index in [1.165, 1.54) is 6.20 Å². The number of anilines is 2. The normalized spacial score (nSPS) is 10.2. The summed E-state index contributed by atoms with van der Waals surface area (Å²) in [6, 6.07) is 4.67. The van der Waals surface area contributed by atoms with Crippen molar-refractivity contribution in [3.05, 3.63) is 47.7 Å². The number of carbonyl (C=O) groups is 1. The minimum Gasteiger partial charge on any atom is -0.478 e. The fourth-order valence-electron chi connectivity index (χ4n) is 1.64. The van der Waals surface area contributed by atoms with Crippen molar-refractivity contribution < 1.29 is 18.3 Å². The molecule has 5 nitrogen and oxygen atoms in total. The molecule has 0 aliphatic rings. The standard InChI is InChI=1S/C14H13F2N3O2/c1-2-21-13-4-3-8(7-18-13)19-14(20)9-5-10(15)11(16)6-12(9)17/h3-7H,2,17H2,1H3,(H,19,20). The fourth-order valence-corrected chi connectivity index (χ4v) is 1.64. The summed E-state index contributed by atoms with van der Waals surface area (Å²) in [4.78, 5) is 15.9. The molecular weight excluding hydrogens is 280 g/mol. The fraction of sp³-hybridized carbons (Fsp3) is 0.143. The molecule has 0 spiro atoms. The number of hydrogen-bond acceptors (Lipinski definition) is 4. The van der Waals surface area contributed by atoms with Gasteiger partial charge in [-0.05, 0) is 19.1 Å². The molecule has 1 amide bonds. The second-order valence-corrected chi connectivity index (χ2v) is 4.13. The molecule has 7 heteroatoms. The highest BCUT2D eigenvalue weighted by Crippen LogP contribution is 2.19. The number of hydrogen-bond donors (Lipinski definition) is 2. The van der Waals surface area contributed by atoms with Crippen molar-refractivity contribution in [2.75, 3.05) is 17.7 Å². The van der Waals surface area contributed by atoms with Crippen molar-refractivity contribution >= 4 is 17.3 Å². The number of aromatic nitrogens is 1. The molecule has 0 fully saturated rings. The molecule has 2 rings (SSSR count). The molecular formula is C14H13F2N3O2. The molecule has 110 valence electrons. The molecule has 0 bridgehead atoms. The van der Waals surface area contributed by atoms with Gasteiger partial charge in [0, 0.05) is 17.8 Å². The molecule has 0 unspecified atom stereocenters. The summed E-state index contributed by atoms with van der Waals surface area (Å²) >= 11 is 0. The third kappa shape index (κ3) is 3.44. The first-order valence-electron chi connectivity index (χ1n) is 6.16. The number of halogens is 2. The lowest BCUT2D eigenvalue weighted by atomic mass is 10.1. The topological polar surface area (TPSA) is 77.2 Å². The van der Waals surface area contributed by atoms with Gasteiger partial charge >= 0.3 is 0 Å². The van der Waals surface area contributed by atoms with Crippen molar-refractivity contribution in [1.29, 1.82) is 0 Å². The molecule has 3 N–H and O–H groups in total. The van der Waals surface area contributed by atoms with E-state index >= 15 is 0 Å². The highest BCUT2D eigenvalue weighted by Gasteiger charge is 2.14. The minimum absolute atomic E-state index is 0.148. The van der Waals surface area contributed by atoms with E-state index in [0.717, 1.165) is 12.1 Å². The van der Waals surface area contributed by atoms with Gasteiger partial charge in [-0.3, -0.25) is 4.79 Å². The van der Waals surface area contributed by atoms with Gasteiger partial charge in [-0.25, -0.2) is 13.8 Å². The first-order valence-corrected chi connectivity index (χ1v) is 6.16. The lowest BCUT2D eigenvalue weighted by Crippen LogP contribution is -2.15. The molecule has 1 aromatic heterocycles. The van der Waals surface area contributed by atoms with Crippen LogP contribution < -0.4 is 15.8 Å². The number of nitrogens with zero attached hydrogens (tertiary/aromatic N) is 1. The predicted molar refractivity (Wildman–Crippen MR) is 74.1 cm³/mol. The first-order chi connectivity index (χ1) is 10.0. The van der Waals surface area contributed by atoms with E-state index in [1.54, 1.807) is 12.1 Å². The number of pyridine rings is 1. The summed E-state index contributed by atoms with van der Waals surface area (Å²) in [7, 11) is 0. The molecule has 2 aromatic rings. The minimum atomic E-state index is -1.14. The van der Waals surface area contributed by atoms with E-state index in [-0.39, 0.29) is 11.3 Å². The summed E-state index contributed by atoms with van der Waals surface area (Å²) < 4.78 is 31.3. The smallest absolute Gasteiger partial charge is 0.257 e. The van der Waals surface area contributed by atoms with Gasteiger partial charge < -0.3 is 15.8 Å². The van der Waals surface area contributed by atoms with Crippen molar-refractivity contribution in [3.63, 3.8) is 0 Å². The number of carbonyl (C=O) groups excluding carboxylic acids is 1. The number of nitrogens with one attached hydrogen (secondary N) is 1. The first kappa shape index (κ1) is 14.7. The van der Waals surface area contributed by atoms with Gasteiger partial charge in [0.2, 0.25) is 5.88 Å². The Kier molecular flexibility index (Phi) is 4.32. The van der Waals surface area contributed by atoms with Crippen LogP contribution in [0, 0.1) is 11.6 Å². The number of rotatable bonds is 4. The second-order valence-electron chi connectivity index (χ2n) is 4.13. The van der Waals surface area contributed by atoms with Gasteiger partial charge in [-0.15, -0.1) is 0 Å². The van der Waals surface area contributed by atoms with Crippen LogP contribution in [-0.2, 0) is 0 Å². The Hall–Kier alpha value is -2.70.